The van der Waals surface area contributed by atoms with Crippen LogP contribution in [0, 0.1) is 11.6 Å². The number of rotatable bonds is 3. The van der Waals surface area contributed by atoms with Gasteiger partial charge >= 0.3 is 0 Å². The summed E-state index contributed by atoms with van der Waals surface area (Å²) in [5, 5.41) is 2.20. The van der Waals surface area contributed by atoms with E-state index in [-0.39, 0.29) is 17.0 Å². The molecule has 7 heteroatoms. The fraction of sp³-hybridized carbons (Fsp3) is 0.136. The van der Waals surface area contributed by atoms with Crippen LogP contribution < -0.4 is 10.2 Å². The molecule has 2 aromatic carbocycles. The van der Waals surface area contributed by atoms with E-state index in [0.29, 0.717) is 6.54 Å². The molecule has 0 fully saturated rings. The number of para-hydroxylation sites is 2. The minimum absolute atomic E-state index is 0.0313. The molecule has 1 aliphatic rings. The Labute approximate surface area is 166 Å². The Hall–Kier alpha value is -3.61. The summed E-state index contributed by atoms with van der Waals surface area (Å²) in [7, 11) is 0. The summed E-state index contributed by atoms with van der Waals surface area (Å²) in [6.07, 6.45) is 4.35. The molecule has 1 aromatic heterocycles. The Morgan fingerprint density at radius 3 is 2.48 bits per heavy atom. The van der Waals surface area contributed by atoms with Gasteiger partial charge in [0, 0.05) is 24.6 Å². The van der Waals surface area contributed by atoms with Crippen molar-refractivity contribution in [2.24, 2.45) is 0 Å². The van der Waals surface area contributed by atoms with Crippen LogP contribution in [-0.2, 0) is 6.42 Å². The van der Waals surface area contributed by atoms with Gasteiger partial charge in [-0.15, -0.1) is 0 Å². The Morgan fingerprint density at radius 1 is 0.966 bits per heavy atom. The lowest BCUT2D eigenvalue weighted by atomic mass is 10.0. The van der Waals surface area contributed by atoms with Crippen molar-refractivity contribution in [3.63, 3.8) is 0 Å². The molecule has 146 valence electrons. The largest absolute Gasteiger partial charge is 0.317 e. The zero-order valence-electron chi connectivity index (χ0n) is 15.4. The van der Waals surface area contributed by atoms with Crippen LogP contribution in [0.1, 0.15) is 32.7 Å². The van der Waals surface area contributed by atoms with Crippen LogP contribution in [0.5, 0.6) is 0 Å². The number of aromatic nitrogens is 1. The maximum absolute atomic E-state index is 13.8. The number of carbonyl (C=O) groups excluding carboxylic acids is 2. The van der Waals surface area contributed by atoms with Gasteiger partial charge in [-0.3, -0.25) is 14.6 Å². The predicted octanol–water partition coefficient (Wildman–Crippen LogP) is 4.21. The topological polar surface area (TPSA) is 62.3 Å². The first-order valence-electron chi connectivity index (χ1n) is 9.15. The molecule has 0 aliphatic carbocycles. The zero-order chi connectivity index (χ0) is 20.4. The van der Waals surface area contributed by atoms with Crippen molar-refractivity contribution in [3.05, 3.63) is 89.2 Å². The summed E-state index contributed by atoms with van der Waals surface area (Å²) >= 11 is 0. The lowest BCUT2D eigenvalue weighted by Gasteiger charge is -2.29. The van der Waals surface area contributed by atoms with Crippen molar-refractivity contribution >= 4 is 23.2 Å². The number of halogens is 2. The molecule has 0 atom stereocenters. The Morgan fingerprint density at radius 2 is 1.69 bits per heavy atom. The standard InChI is InChI=1S/C22H17F2N3O2/c23-17-7-3-8-18(24)20(17)26-21(28)15-11-16(13-25-12-15)22(29)27-10-4-6-14-5-1-2-9-19(14)27/h1-3,5,7-9,11-13H,4,6,10H2,(H,26,28). The van der Waals surface area contributed by atoms with Gasteiger partial charge in [-0.2, -0.15) is 0 Å². The second-order valence-corrected chi connectivity index (χ2v) is 6.70. The maximum atomic E-state index is 13.8. The molecule has 3 aromatic rings. The van der Waals surface area contributed by atoms with Crippen LogP contribution >= 0.6 is 0 Å². The smallest absolute Gasteiger partial charge is 0.259 e. The first kappa shape index (κ1) is 18.7. The highest BCUT2D eigenvalue weighted by Gasteiger charge is 2.24. The second kappa shape index (κ2) is 7.79. The first-order valence-corrected chi connectivity index (χ1v) is 9.15. The van der Waals surface area contributed by atoms with Crippen molar-refractivity contribution < 1.29 is 18.4 Å². The van der Waals surface area contributed by atoms with Gasteiger partial charge in [0.25, 0.3) is 11.8 Å². The van der Waals surface area contributed by atoms with Crippen LogP contribution in [0.25, 0.3) is 0 Å². The number of benzene rings is 2. The number of pyridine rings is 1. The minimum atomic E-state index is -0.886. The molecule has 0 radical (unpaired) electrons. The van der Waals surface area contributed by atoms with E-state index in [9.17, 15) is 18.4 Å². The lowest BCUT2D eigenvalue weighted by Crippen LogP contribution is -2.35. The van der Waals surface area contributed by atoms with Crippen molar-refractivity contribution in [2.45, 2.75) is 12.8 Å². The van der Waals surface area contributed by atoms with Crippen LogP contribution in [0.3, 0.4) is 0 Å². The van der Waals surface area contributed by atoms with Crippen LogP contribution in [0.15, 0.2) is 60.9 Å². The van der Waals surface area contributed by atoms with Gasteiger partial charge in [-0.25, -0.2) is 8.78 Å². The third-order valence-electron chi connectivity index (χ3n) is 4.80. The van der Waals surface area contributed by atoms with Gasteiger partial charge < -0.3 is 10.2 Å². The van der Waals surface area contributed by atoms with E-state index in [4.69, 9.17) is 0 Å². The van der Waals surface area contributed by atoms with Crippen LogP contribution in [-0.4, -0.2) is 23.3 Å². The van der Waals surface area contributed by atoms with Gasteiger partial charge in [0.2, 0.25) is 0 Å². The molecule has 0 saturated carbocycles. The number of aryl methyl sites for hydroxylation is 1. The molecule has 0 spiro atoms. The second-order valence-electron chi connectivity index (χ2n) is 6.70. The number of hydrogen-bond donors (Lipinski definition) is 1. The zero-order valence-corrected chi connectivity index (χ0v) is 15.4. The van der Waals surface area contributed by atoms with Crippen molar-refractivity contribution in [1.29, 1.82) is 0 Å². The SMILES string of the molecule is O=C(Nc1c(F)cccc1F)c1cncc(C(=O)N2CCCc3ccccc32)c1. The number of fused-ring (bicyclic) bond motifs is 1. The Kier molecular flexibility index (Phi) is 5.03. The summed E-state index contributed by atoms with van der Waals surface area (Å²) < 4.78 is 27.6. The van der Waals surface area contributed by atoms with Gasteiger partial charge in [0.05, 0.1) is 11.1 Å². The monoisotopic (exact) mass is 393 g/mol. The normalized spacial score (nSPS) is 13.0. The fourth-order valence-electron chi connectivity index (χ4n) is 3.38. The van der Waals surface area contributed by atoms with Crippen LogP contribution in [0.2, 0.25) is 0 Å². The van der Waals surface area contributed by atoms with E-state index in [1.807, 2.05) is 24.3 Å². The molecule has 5 nitrogen and oxygen atoms in total. The predicted molar refractivity (Wildman–Crippen MR) is 105 cm³/mol. The highest BCUT2D eigenvalue weighted by molar-refractivity contribution is 6.09. The number of anilines is 2. The Balaban J connectivity index is 1.59. The quantitative estimate of drug-likeness (QED) is 0.725. The van der Waals surface area contributed by atoms with Crippen molar-refractivity contribution in [2.75, 3.05) is 16.8 Å². The van der Waals surface area contributed by atoms with Crippen molar-refractivity contribution in [1.82, 2.24) is 4.98 Å². The first-order chi connectivity index (χ1) is 14.0. The van der Waals surface area contributed by atoms with Gasteiger partial charge in [0.15, 0.2) is 0 Å². The molecular formula is C22H17F2N3O2. The third-order valence-corrected chi connectivity index (χ3v) is 4.80. The number of amides is 2. The number of hydrogen-bond acceptors (Lipinski definition) is 3. The average Bonchev–Trinajstić information content (AvgIpc) is 2.75. The molecular weight excluding hydrogens is 376 g/mol. The molecule has 4 rings (SSSR count). The van der Waals surface area contributed by atoms with Gasteiger partial charge in [-0.1, -0.05) is 24.3 Å². The highest BCUT2D eigenvalue weighted by atomic mass is 19.1. The van der Waals surface area contributed by atoms with Gasteiger partial charge in [-0.05, 0) is 42.7 Å². The number of nitrogens with zero attached hydrogens (tertiary/aromatic N) is 2. The summed E-state index contributed by atoms with van der Waals surface area (Å²) in [6, 6.07) is 12.3. The molecule has 29 heavy (non-hydrogen) atoms. The summed E-state index contributed by atoms with van der Waals surface area (Å²) in [6.45, 7) is 0.562. The average molecular weight is 393 g/mol. The van der Waals surface area contributed by atoms with E-state index in [0.717, 1.165) is 36.2 Å². The molecule has 1 N–H and O–H groups in total. The number of nitrogens with one attached hydrogen (secondary N) is 1. The van der Waals surface area contributed by atoms with E-state index >= 15 is 0 Å². The molecule has 0 bridgehead atoms. The molecule has 0 saturated heterocycles. The molecule has 0 unspecified atom stereocenters. The van der Waals surface area contributed by atoms with Crippen molar-refractivity contribution in [3.8, 4) is 0 Å². The Bertz CT molecular complexity index is 1080. The van der Waals surface area contributed by atoms with Crippen LogP contribution in [0.4, 0.5) is 20.2 Å². The summed E-state index contributed by atoms with van der Waals surface area (Å²) in [5.74, 6) is -2.81. The molecule has 2 heterocycles. The molecule has 1 aliphatic heterocycles. The van der Waals surface area contributed by atoms with E-state index in [2.05, 4.69) is 10.3 Å². The number of carbonyl (C=O) groups is 2. The van der Waals surface area contributed by atoms with E-state index in [1.54, 1.807) is 4.90 Å². The molecule has 2 amide bonds. The van der Waals surface area contributed by atoms with Gasteiger partial charge in [0.1, 0.15) is 17.3 Å². The lowest BCUT2D eigenvalue weighted by molar-refractivity contribution is 0.0984. The highest BCUT2D eigenvalue weighted by Crippen LogP contribution is 2.28. The fourth-order valence-corrected chi connectivity index (χ4v) is 3.38. The third kappa shape index (κ3) is 3.71. The minimum Gasteiger partial charge on any atom is -0.317 e. The maximum Gasteiger partial charge on any atom is 0.259 e. The summed E-state index contributed by atoms with van der Waals surface area (Å²) in [4.78, 5) is 31.1. The van der Waals surface area contributed by atoms with E-state index in [1.165, 1.54) is 24.5 Å². The summed E-state index contributed by atoms with van der Waals surface area (Å²) in [5.41, 5.74) is 1.64. The van der Waals surface area contributed by atoms with E-state index < -0.39 is 23.2 Å².